The van der Waals surface area contributed by atoms with Crippen LogP contribution in [-0.4, -0.2) is 16.9 Å². The first kappa shape index (κ1) is 9.67. The molecule has 4 heteroatoms. The second-order valence-electron chi connectivity index (χ2n) is 2.72. The van der Waals surface area contributed by atoms with Crippen LogP contribution in [-0.2, 0) is 4.79 Å². The van der Waals surface area contributed by atoms with Gasteiger partial charge in [0.15, 0.2) is 0 Å². The molecule has 1 atom stereocenters. The average Bonchev–Trinajstić information content (AvgIpc) is 2.18. The molecular weight excluding hydrogens is 166 g/mol. The molecule has 0 aromatic carbocycles. The lowest BCUT2D eigenvalue weighted by molar-refractivity contribution is -0.117. The van der Waals surface area contributed by atoms with Crippen LogP contribution in [0.4, 0.5) is 5.82 Å². The van der Waals surface area contributed by atoms with Crippen molar-refractivity contribution in [2.45, 2.75) is 19.4 Å². The number of nitrogens with zero attached hydrogens (tertiary/aromatic N) is 1. The highest BCUT2D eigenvalue weighted by atomic mass is 16.2. The van der Waals surface area contributed by atoms with E-state index in [1.165, 1.54) is 0 Å². The van der Waals surface area contributed by atoms with Crippen molar-refractivity contribution >= 4 is 11.7 Å². The van der Waals surface area contributed by atoms with Crippen LogP contribution in [0.2, 0.25) is 0 Å². The zero-order valence-corrected chi connectivity index (χ0v) is 7.53. The van der Waals surface area contributed by atoms with Crippen molar-refractivity contribution in [3.05, 3.63) is 24.4 Å². The van der Waals surface area contributed by atoms with Gasteiger partial charge in [0.25, 0.3) is 0 Å². The fourth-order valence-corrected chi connectivity index (χ4v) is 0.841. The Morgan fingerprint density at radius 2 is 2.46 bits per heavy atom. The molecule has 0 spiro atoms. The van der Waals surface area contributed by atoms with Gasteiger partial charge < -0.3 is 11.1 Å². The third-order valence-electron chi connectivity index (χ3n) is 1.69. The van der Waals surface area contributed by atoms with E-state index in [4.69, 9.17) is 5.73 Å². The number of hydrogen-bond donors (Lipinski definition) is 2. The molecule has 3 N–H and O–H groups in total. The lowest BCUT2D eigenvalue weighted by atomic mass is 10.2. The predicted octanol–water partition coefficient (Wildman–Crippen LogP) is 0.757. The number of nitrogens with one attached hydrogen (secondary N) is 1. The number of pyridine rings is 1. The molecular formula is C9H13N3O. The molecule has 0 bridgehead atoms. The summed E-state index contributed by atoms with van der Waals surface area (Å²) in [6, 6.07) is 4.86. The number of carbonyl (C=O) groups excluding carboxylic acids is 1. The molecule has 70 valence electrons. The number of carbonyl (C=O) groups is 1. The van der Waals surface area contributed by atoms with E-state index in [0.717, 1.165) is 0 Å². The summed E-state index contributed by atoms with van der Waals surface area (Å²) in [4.78, 5) is 15.2. The van der Waals surface area contributed by atoms with Gasteiger partial charge in [0.1, 0.15) is 5.82 Å². The highest BCUT2D eigenvalue weighted by molar-refractivity contribution is 5.93. The summed E-state index contributed by atoms with van der Waals surface area (Å²) < 4.78 is 0. The third-order valence-corrected chi connectivity index (χ3v) is 1.69. The van der Waals surface area contributed by atoms with Crippen molar-refractivity contribution < 1.29 is 4.79 Å². The van der Waals surface area contributed by atoms with Gasteiger partial charge >= 0.3 is 0 Å². The molecule has 4 nitrogen and oxygen atoms in total. The minimum atomic E-state index is -0.456. The summed E-state index contributed by atoms with van der Waals surface area (Å²) >= 11 is 0. The fraction of sp³-hybridized carbons (Fsp3) is 0.333. The van der Waals surface area contributed by atoms with E-state index in [0.29, 0.717) is 12.2 Å². The smallest absolute Gasteiger partial charge is 0.242 e. The molecule has 0 aliphatic rings. The van der Waals surface area contributed by atoms with Crippen LogP contribution in [0.15, 0.2) is 24.4 Å². The highest BCUT2D eigenvalue weighted by Crippen LogP contribution is 2.00. The number of amides is 1. The summed E-state index contributed by atoms with van der Waals surface area (Å²) in [5.74, 6) is 0.345. The van der Waals surface area contributed by atoms with Crippen LogP contribution in [0.25, 0.3) is 0 Å². The van der Waals surface area contributed by atoms with Gasteiger partial charge in [-0.25, -0.2) is 4.98 Å². The first-order valence-electron chi connectivity index (χ1n) is 4.21. The topological polar surface area (TPSA) is 68.0 Å². The lowest BCUT2D eigenvalue weighted by Gasteiger charge is -2.08. The number of aromatic nitrogens is 1. The summed E-state index contributed by atoms with van der Waals surface area (Å²) in [5.41, 5.74) is 5.52. The molecule has 13 heavy (non-hydrogen) atoms. The Morgan fingerprint density at radius 1 is 1.69 bits per heavy atom. The number of anilines is 1. The molecule has 1 amide bonds. The number of hydrogen-bond acceptors (Lipinski definition) is 3. The summed E-state index contributed by atoms with van der Waals surface area (Å²) in [6.07, 6.45) is 2.24. The van der Waals surface area contributed by atoms with Gasteiger partial charge in [-0.2, -0.15) is 0 Å². The lowest BCUT2D eigenvalue weighted by Crippen LogP contribution is -2.35. The quantitative estimate of drug-likeness (QED) is 0.719. The Labute approximate surface area is 77.2 Å². The predicted molar refractivity (Wildman–Crippen MR) is 51.1 cm³/mol. The Bertz CT molecular complexity index is 273. The third kappa shape index (κ3) is 2.83. The Hall–Kier alpha value is -1.42. The fourth-order valence-electron chi connectivity index (χ4n) is 0.841. The standard InChI is InChI=1S/C9H13N3O/c1-2-7(10)9(13)12-8-5-3-4-6-11-8/h3-7H,2,10H2,1H3,(H,11,12,13)/t7-/m1/s1. The second-order valence-corrected chi connectivity index (χ2v) is 2.72. The van der Waals surface area contributed by atoms with E-state index >= 15 is 0 Å². The van der Waals surface area contributed by atoms with E-state index < -0.39 is 6.04 Å². The monoisotopic (exact) mass is 179 g/mol. The summed E-state index contributed by atoms with van der Waals surface area (Å²) in [5, 5.41) is 2.62. The van der Waals surface area contributed by atoms with Crippen LogP contribution in [0, 0.1) is 0 Å². The van der Waals surface area contributed by atoms with E-state index in [1.54, 1.807) is 24.4 Å². The SMILES string of the molecule is CC[C@@H](N)C(=O)Nc1ccccn1. The maximum Gasteiger partial charge on any atom is 0.242 e. The Morgan fingerprint density at radius 3 is 3.00 bits per heavy atom. The van der Waals surface area contributed by atoms with E-state index in [9.17, 15) is 4.79 Å². The van der Waals surface area contributed by atoms with E-state index in [-0.39, 0.29) is 5.91 Å². The second kappa shape index (κ2) is 4.57. The molecule has 0 aliphatic carbocycles. The number of nitrogens with two attached hydrogens (primary N) is 1. The van der Waals surface area contributed by atoms with Crippen molar-refractivity contribution in [3.8, 4) is 0 Å². The van der Waals surface area contributed by atoms with Crippen LogP contribution >= 0.6 is 0 Å². The van der Waals surface area contributed by atoms with Gasteiger partial charge in [-0.05, 0) is 18.6 Å². The van der Waals surface area contributed by atoms with Gasteiger partial charge in [0.2, 0.25) is 5.91 Å². The minimum Gasteiger partial charge on any atom is -0.320 e. The number of rotatable bonds is 3. The highest BCUT2D eigenvalue weighted by Gasteiger charge is 2.10. The van der Waals surface area contributed by atoms with Gasteiger partial charge in [-0.15, -0.1) is 0 Å². The normalized spacial score (nSPS) is 12.2. The molecule has 0 saturated carbocycles. The molecule has 1 rings (SSSR count). The van der Waals surface area contributed by atoms with Crippen LogP contribution < -0.4 is 11.1 Å². The molecule has 0 unspecified atom stereocenters. The molecule has 0 aliphatic heterocycles. The average molecular weight is 179 g/mol. The maximum absolute atomic E-state index is 11.3. The van der Waals surface area contributed by atoms with Gasteiger partial charge in [-0.3, -0.25) is 4.79 Å². The summed E-state index contributed by atoms with van der Waals surface area (Å²) in [6.45, 7) is 1.86. The Kier molecular flexibility index (Phi) is 3.40. The van der Waals surface area contributed by atoms with Crippen molar-refractivity contribution in [2.75, 3.05) is 5.32 Å². The van der Waals surface area contributed by atoms with Crippen molar-refractivity contribution in [1.82, 2.24) is 4.98 Å². The zero-order chi connectivity index (χ0) is 9.68. The Balaban J connectivity index is 2.55. The van der Waals surface area contributed by atoms with Crippen LogP contribution in [0.5, 0.6) is 0 Å². The van der Waals surface area contributed by atoms with Crippen molar-refractivity contribution in [3.63, 3.8) is 0 Å². The largest absolute Gasteiger partial charge is 0.320 e. The minimum absolute atomic E-state index is 0.193. The molecule has 1 heterocycles. The summed E-state index contributed by atoms with van der Waals surface area (Å²) in [7, 11) is 0. The molecule has 0 saturated heterocycles. The van der Waals surface area contributed by atoms with Gasteiger partial charge in [-0.1, -0.05) is 13.0 Å². The van der Waals surface area contributed by atoms with Crippen molar-refractivity contribution in [1.29, 1.82) is 0 Å². The van der Waals surface area contributed by atoms with E-state index in [2.05, 4.69) is 10.3 Å². The molecule has 0 fully saturated rings. The molecule has 1 aromatic heterocycles. The molecule has 1 aromatic rings. The molecule has 0 radical (unpaired) electrons. The maximum atomic E-state index is 11.3. The van der Waals surface area contributed by atoms with Crippen molar-refractivity contribution in [2.24, 2.45) is 5.73 Å². The van der Waals surface area contributed by atoms with Crippen LogP contribution in [0.1, 0.15) is 13.3 Å². The first-order valence-corrected chi connectivity index (χ1v) is 4.21. The van der Waals surface area contributed by atoms with E-state index in [1.807, 2.05) is 6.92 Å². The first-order chi connectivity index (χ1) is 6.24. The zero-order valence-electron chi connectivity index (χ0n) is 7.53. The van der Waals surface area contributed by atoms with Gasteiger partial charge in [0, 0.05) is 6.20 Å². The van der Waals surface area contributed by atoms with Crippen LogP contribution in [0.3, 0.4) is 0 Å². The van der Waals surface area contributed by atoms with Gasteiger partial charge in [0.05, 0.1) is 6.04 Å².